The molecule has 2 aromatic carbocycles. The molecule has 0 radical (unpaired) electrons. The van der Waals surface area contributed by atoms with Gasteiger partial charge in [0.1, 0.15) is 0 Å². The summed E-state index contributed by atoms with van der Waals surface area (Å²) in [7, 11) is 0. The van der Waals surface area contributed by atoms with Crippen LogP contribution in [-0.4, -0.2) is 26.8 Å². The molecule has 1 heterocycles. The lowest BCUT2D eigenvalue weighted by molar-refractivity contribution is -0.146. The average Bonchev–Trinajstić information content (AvgIpc) is 3.17. The molecule has 7 nitrogen and oxygen atoms in total. The predicted molar refractivity (Wildman–Crippen MR) is 107 cm³/mol. The number of hydrogen-bond donors (Lipinski definition) is 3. The van der Waals surface area contributed by atoms with E-state index in [1.807, 2.05) is 36.4 Å². The maximum absolute atomic E-state index is 12.5. The summed E-state index contributed by atoms with van der Waals surface area (Å²) in [4.78, 5) is 23.8. The number of rotatable bonds is 6. The predicted octanol–water partition coefficient (Wildman–Crippen LogP) is 3.08. The zero-order chi connectivity index (χ0) is 20.3. The summed E-state index contributed by atoms with van der Waals surface area (Å²) in [6.07, 6.45) is 1.52. The molecule has 0 saturated heterocycles. The molecule has 0 bridgehead atoms. The van der Waals surface area contributed by atoms with E-state index in [9.17, 15) is 14.7 Å². The van der Waals surface area contributed by atoms with Crippen molar-refractivity contribution in [2.24, 2.45) is 5.73 Å². The summed E-state index contributed by atoms with van der Waals surface area (Å²) >= 11 is 0. The zero-order valence-electron chi connectivity index (χ0n) is 15.7. The monoisotopic (exact) mass is 378 g/mol. The summed E-state index contributed by atoms with van der Waals surface area (Å²) in [6.45, 7) is 3.51. The molecule has 7 heteroatoms. The molecule has 0 unspecified atom stereocenters. The molecule has 144 valence electrons. The first-order chi connectivity index (χ1) is 13.3. The van der Waals surface area contributed by atoms with Gasteiger partial charge in [0.15, 0.2) is 11.4 Å². The fraction of sp³-hybridized carbons (Fsp3) is 0.190. The second-order valence-electron chi connectivity index (χ2n) is 6.90. The van der Waals surface area contributed by atoms with Gasteiger partial charge in [-0.05, 0) is 42.7 Å². The Morgan fingerprint density at radius 1 is 1.11 bits per heavy atom. The summed E-state index contributed by atoms with van der Waals surface area (Å²) < 4.78 is 1.30. The molecular weight excluding hydrogens is 356 g/mol. The minimum absolute atomic E-state index is 0.289. The summed E-state index contributed by atoms with van der Waals surface area (Å²) in [6, 6.07) is 16.6. The van der Waals surface area contributed by atoms with Crippen molar-refractivity contribution < 1.29 is 14.7 Å². The first-order valence-corrected chi connectivity index (χ1v) is 8.82. The maximum atomic E-state index is 12.5. The first-order valence-electron chi connectivity index (χ1n) is 8.82. The van der Waals surface area contributed by atoms with Crippen LogP contribution in [0.2, 0.25) is 0 Å². The van der Waals surface area contributed by atoms with E-state index in [0.717, 1.165) is 16.7 Å². The van der Waals surface area contributed by atoms with Gasteiger partial charge in [0.05, 0.1) is 0 Å². The van der Waals surface area contributed by atoms with Gasteiger partial charge in [-0.3, -0.25) is 9.48 Å². The third-order valence-corrected chi connectivity index (χ3v) is 4.62. The Labute approximate surface area is 162 Å². The zero-order valence-corrected chi connectivity index (χ0v) is 15.7. The molecule has 0 aliphatic heterocycles. The van der Waals surface area contributed by atoms with Crippen LogP contribution in [-0.2, 0) is 16.9 Å². The standard InChI is InChI=1S/C21H22N4O3/c1-21(2,20(27)28)25-12-11-18(24-25)23-19(26)15-9-7-14(8-10-15)17-6-4-3-5-16(17)13-22/h3-12H,13,22H2,1-2H3,(H,27,28)(H,23,24,26). The fourth-order valence-electron chi connectivity index (χ4n) is 2.77. The Morgan fingerprint density at radius 2 is 1.79 bits per heavy atom. The highest BCUT2D eigenvalue weighted by Gasteiger charge is 2.30. The van der Waals surface area contributed by atoms with Crippen LogP contribution in [0.1, 0.15) is 29.8 Å². The van der Waals surface area contributed by atoms with Crippen molar-refractivity contribution in [3.05, 3.63) is 71.9 Å². The Morgan fingerprint density at radius 3 is 2.43 bits per heavy atom. The lowest BCUT2D eigenvalue weighted by Gasteiger charge is -2.19. The minimum atomic E-state index is -1.21. The van der Waals surface area contributed by atoms with Crippen molar-refractivity contribution in [1.82, 2.24) is 9.78 Å². The number of benzene rings is 2. The molecule has 0 saturated carbocycles. The molecule has 1 amide bonds. The van der Waals surface area contributed by atoms with Crippen molar-refractivity contribution in [2.45, 2.75) is 25.9 Å². The number of nitrogens with two attached hydrogens (primary N) is 1. The molecule has 0 aliphatic carbocycles. The highest BCUT2D eigenvalue weighted by Crippen LogP contribution is 2.24. The third-order valence-electron chi connectivity index (χ3n) is 4.62. The van der Waals surface area contributed by atoms with Crippen LogP contribution < -0.4 is 11.1 Å². The lowest BCUT2D eigenvalue weighted by atomic mass is 9.98. The van der Waals surface area contributed by atoms with Gasteiger partial charge in [-0.15, -0.1) is 0 Å². The van der Waals surface area contributed by atoms with Crippen LogP contribution >= 0.6 is 0 Å². The number of hydrogen-bond acceptors (Lipinski definition) is 4. The SMILES string of the molecule is CC(C)(C(=O)O)n1ccc(NC(=O)c2ccc(-c3ccccc3CN)cc2)n1. The number of nitrogens with zero attached hydrogens (tertiary/aromatic N) is 2. The van der Waals surface area contributed by atoms with Crippen LogP contribution in [0.4, 0.5) is 5.82 Å². The average molecular weight is 378 g/mol. The number of aromatic nitrogens is 2. The van der Waals surface area contributed by atoms with Gasteiger partial charge in [0, 0.05) is 24.4 Å². The number of nitrogens with one attached hydrogen (secondary N) is 1. The summed E-state index contributed by atoms with van der Waals surface area (Å²) in [5.41, 5.74) is 8.10. The van der Waals surface area contributed by atoms with E-state index in [-0.39, 0.29) is 11.7 Å². The second-order valence-corrected chi connectivity index (χ2v) is 6.90. The van der Waals surface area contributed by atoms with Crippen LogP contribution in [0.3, 0.4) is 0 Å². The molecule has 0 fully saturated rings. The van der Waals surface area contributed by atoms with Crippen LogP contribution in [0, 0.1) is 0 Å². The topological polar surface area (TPSA) is 110 Å². The van der Waals surface area contributed by atoms with E-state index in [0.29, 0.717) is 12.1 Å². The summed E-state index contributed by atoms with van der Waals surface area (Å²) in [5, 5.41) is 16.1. The lowest BCUT2D eigenvalue weighted by Crippen LogP contribution is -2.36. The quantitative estimate of drug-likeness (QED) is 0.610. The van der Waals surface area contributed by atoms with E-state index in [2.05, 4.69) is 10.4 Å². The van der Waals surface area contributed by atoms with Crippen molar-refractivity contribution in [1.29, 1.82) is 0 Å². The number of carboxylic acid groups (broad SMARTS) is 1. The van der Waals surface area contributed by atoms with E-state index in [1.54, 1.807) is 18.2 Å². The number of carbonyl (C=O) groups excluding carboxylic acids is 1. The maximum Gasteiger partial charge on any atom is 0.331 e. The van der Waals surface area contributed by atoms with E-state index in [4.69, 9.17) is 5.73 Å². The largest absolute Gasteiger partial charge is 0.479 e. The highest BCUT2D eigenvalue weighted by atomic mass is 16.4. The van der Waals surface area contributed by atoms with E-state index in [1.165, 1.54) is 24.7 Å². The van der Waals surface area contributed by atoms with Crippen molar-refractivity contribution in [3.63, 3.8) is 0 Å². The number of amides is 1. The van der Waals surface area contributed by atoms with Gasteiger partial charge in [-0.25, -0.2) is 4.79 Å². The third kappa shape index (κ3) is 3.79. The minimum Gasteiger partial charge on any atom is -0.479 e. The number of aliphatic carboxylic acids is 1. The molecule has 28 heavy (non-hydrogen) atoms. The highest BCUT2D eigenvalue weighted by molar-refractivity contribution is 6.04. The number of carboxylic acids is 1. The molecule has 0 spiro atoms. The Kier molecular flexibility index (Phi) is 5.28. The smallest absolute Gasteiger partial charge is 0.331 e. The van der Waals surface area contributed by atoms with Gasteiger partial charge in [0.2, 0.25) is 0 Å². The molecule has 1 aromatic heterocycles. The molecule has 0 atom stereocenters. The summed E-state index contributed by atoms with van der Waals surface area (Å²) in [5.74, 6) is -1.05. The van der Waals surface area contributed by atoms with Crippen molar-refractivity contribution >= 4 is 17.7 Å². The van der Waals surface area contributed by atoms with E-state index < -0.39 is 11.5 Å². The fourth-order valence-corrected chi connectivity index (χ4v) is 2.77. The van der Waals surface area contributed by atoms with Crippen LogP contribution in [0.25, 0.3) is 11.1 Å². The number of carbonyl (C=O) groups is 2. The molecule has 0 aliphatic rings. The molecule has 3 aromatic rings. The Balaban J connectivity index is 1.76. The normalized spacial score (nSPS) is 11.2. The first kappa shape index (κ1) is 19.3. The van der Waals surface area contributed by atoms with Crippen molar-refractivity contribution in [3.8, 4) is 11.1 Å². The second kappa shape index (κ2) is 7.66. The van der Waals surface area contributed by atoms with Crippen LogP contribution in [0.5, 0.6) is 0 Å². The number of anilines is 1. The van der Waals surface area contributed by atoms with Gasteiger partial charge >= 0.3 is 5.97 Å². The van der Waals surface area contributed by atoms with Gasteiger partial charge < -0.3 is 16.2 Å². The Bertz CT molecular complexity index is 1010. The molecular formula is C21H22N4O3. The molecule has 4 N–H and O–H groups in total. The van der Waals surface area contributed by atoms with Gasteiger partial charge in [-0.2, -0.15) is 5.10 Å². The van der Waals surface area contributed by atoms with Gasteiger partial charge in [0.25, 0.3) is 5.91 Å². The Hall–Kier alpha value is -3.45. The molecule has 3 rings (SSSR count). The van der Waals surface area contributed by atoms with Gasteiger partial charge in [-0.1, -0.05) is 36.4 Å². The van der Waals surface area contributed by atoms with E-state index >= 15 is 0 Å². The van der Waals surface area contributed by atoms with Crippen molar-refractivity contribution in [2.75, 3.05) is 5.32 Å². The van der Waals surface area contributed by atoms with Crippen LogP contribution in [0.15, 0.2) is 60.8 Å².